The summed E-state index contributed by atoms with van der Waals surface area (Å²) in [5.41, 5.74) is 1.26. The second-order valence-electron chi connectivity index (χ2n) is 6.06. The summed E-state index contributed by atoms with van der Waals surface area (Å²) in [5.74, 6) is -1.05. The van der Waals surface area contributed by atoms with E-state index >= 15 is 0 Å². The van der Waals surface area contributed by atoms with Crippen LogP contribution in [0.4, 0.5) is 10.1 Å². The van der Waals surface area contributed by atoms with Crippen LogP contribution in [-0.2, 0) is 11.3 Å². The zero-order valence-corrected chi connectivity index (χ0v) is 14.4. The first kappa shape index (κ1) is 17.5. The number of ketones is 1. The molecule has 1 heterocycles. The van der Waals surface area contributed by atoms with Crippen molar-refractivity contribution in [3.05, 3.63) is 75.8 Å². The number of benzene rings is 2. The van der Waals surface area contributed by atoms with Gasteiger partial charge in [0.25, 0.3) is 0 Å². The molecule has 0 aliphatic rings. The SMILES string of the molecule is CC(=O)c1cccc(NC(=O)Cn2c(C)cc(=O)c3cccc(F)c32)c1. The van der Waals surface area contributed by atoms with Gasteiger partial charge >= 0.3 is 0 Å². The number of halogens is 1. The molecule has 0 unspecified atom stereocenters. The minimum atomic E-state index is -0.560. The Morgan fingerprint density at radius 2 is 1.85 bits per heavy atom. The minimum Gasteiger partial charge on any atom is -0.333 e. The average Bonchev–Trinajstić information content (AvgIpc) is 2.59. The number of aryl methyl sites for hydroxylation is 1. The number of nitrogens with zero attached hydrogens (tertiary/aromatic N) is 1. The van der Waals surface area contributed by atoms with Crippen LogP contribution in [0, 0.1) is 12.7 Å². The van der Waals surface area contributed by atoms with E-state index in [1.54, 1.807) is 31.2 Å². The fourth-order valence-electron chi connectivity index (χ4n) is 2.87. The lowest BCUT2D eigenvalue weighted by Gasteiger charge is -2.15. The number of hydrogen-bond donors (Lipinski definition) is 1. The van der Waals surface area contributed by atoms with Gasteiger partial charge in [0.2, 0.25) is 5.91 Å². The van der Waals surface area contributed by atoms with Gasteiger partial charge in [-0.1, -0.05) is 18.2 Å². The van der Waals surface area contributed by atoms with Crippen molar-refractivity contribution in [1.82, 2.24) is 4.57 Å². The van der Waals surface area contributed by atoms with E-state index in [9.17, 15) is 18.8 Å². The third-order valence-electron chi connectivity index (χ3n) is 4.14. The number of Topliss-reactive ketones (excluding diaryl/α,β-unsaturated/α-hetero) is 1. The van der Waals surface area contributed by atoms with Crippen LogP contribution in [0.5, 0.6) is 0 Å². The van der Waals surface area contributed by atoms with Gasteiger partial charge < -0.3 is 9.88 Å². The van der Waals surface area contributed by atoms with Gasteiger partial charge in [0, 0.05) is 28.4 Å². The first-order chi connectivity index (χ1) is 12.4. The van der Waals surface area contributed by atoms with E-state index in [0.29, 0.717) is 16.9 Å². The number of aromatic nitrogens is 1. The van der Waals surface area contributed by atoms with Crippen molar-refractivity contribution in [2.45, 2.75) is 20.4 Å². The summed E-state index contributed by atoms with van der Waals surface area (Å²) in [6.45, 7) is 2.93. The Kier molecular flexibility index (Phi) is 4.67. The van der Waals surface area contributed by atoms with Gasteiger partial charge in [-0.3, -0.25) is 14.4 Å². The predicted octanol–water partition coefficient (Wildman–Crippen LogP) is 3.29. The quantitative estimate of drug-likeness (QED) is 0.733. The first-order valence-corrected chi connectivity index (χ1v) is 8.06. The van der Waals surface area contributed by atoms with Crippen LogP contribution in [0.2, 0.25) is 0 Å². The van der Waals surface area contributed by atoms with Crippen LogP contribution >= 0.6 is 0 Å². The summed E-state index contributed by atoms with van der Waals surface area (Å²) < 4.78 is 15.8. The molecule has 0 fully saturated rings. The number of hydrogen-bond acceptors (Lipinski definition) is 3. The lowest BCUT2D eigenvalue weighted by Crippen LogP contribution is -2.23. The van der Waals surface area contributed by atoms with Gasteiger partial charge in [0.05, 0.1) is 5.52 Å². The van der Waals surface area contributed by atoms with E-state index in [-0.39, 0.29) is 34.6 Å². The second-order valence-corrected chi connectivity index (χ2v) is 6.06. The van der Waals surface area contributed by atoms with Crippen molar-refractivity contribution >= 4 is 28.3 Å². The van der Waals surface area contributed by atoms with Crippen LogP contribution in [0.1, 0.15) is 23.0 Å². The van der Waals surface area contributed by atoms with Crippen molar-refractivity contribution in [3.63, 3.8) is 0 Å². The molecule has 6 heteroatoms. The maximum Gasteiger partial charge on any atom is 0.244 e. The molecule has 0 atom stereocenters. The van der Waals surface area contributed by atoms with Gasteiger partial charge in [0.15, 0.2) is 11.2 Å². The van der Waals surface area contributed by atoms with Crippen molar-refractivity contribution < 1.29 is 14.0 Å². The molecule has 2 aromatic carbocycles. The Morgan fingerprint density at radius 1 is 1.12 bits per heavy atom. The van der Waals surface area contributed by atoms with Crippen molar-refractivity contribution in [3.8, 4) is 0 Å². The maximum absolute atomic E-state index is 14.3. The highest BCUT2D eigenvalue weighted by Gasteiger charge is 2.14. The summed E-state index contributed by atoms with van der Waals surface area (Å²) in [5, 5.41) is 2.92. The first-order valence-electron chi connectivity index (χ1n) is 8.06. The van der Waals surface area contributed by atoms with Gasteiger partial charge in [-0.2, -0.15) is 0 Å². The molecular formula is C20H17FN2O3. The number of amides is 1. The molecule has 5 nitrogen and oxygen atoms in total. The molecule has 132 valence electrons. The molecule has 0 bridgehead atoms. The van der Waals surface area contributed by atoms with E-state index in [2.05, 4.69) is 5.32 Å². The molecule has 0 radical (unpaired) electrons. The van der Waals surface area contributed by atoms with Crippen LogP contribution in [0.3, 0.4) is 0 Å². The molecule has 3 aromatic rings. The van der Waals surface area contributed by atoms with E-state index < -0.39 is 5.82 Å². The highest BCUT2D eigenvalue weighted by atomic mass is 19.1. The van der Waals surface area contributed by atoms with Crippen molar-refractivity contribution in [2.24, 2.45) is 0 Å². The Labute approximate surface area is 149 Å². The highest BCUT2D eigenvalue weighted by Crippen LogP contribution is 2.17. The standard InChI is InChI=1S/C20H17FN2O3/c1-12-9-18(25)16-7-4-8-17(21)20(16)23(12)11-19(26)22-15-6-3-5-14(10-15)13(2)24/h3-10H,11H2,1-2H3,(H,22,26). The number of nitrogens with one attached hydrogen (secondary N) is 1. The highest BCUT2D eigenvalue weighted by molar-refractivity contribution is 5.97. The summed E-state index contributed by atoms with van der Waals surface area (Å²) in [7, 11) is 0. The smallest absolute Gasteiger partial charge is 0.244 e. The second kappa shape index (κ2) is 6.92. The molecular weight excluding hydrogens is 335 g/mol. The molecule has 1 amide bonds. The largest absolute Gasteiger partial charge is 0.333 e. The Hall–Kier alpha value is -3.28. The third kappa shape index (κ3) is 3.39. The number of fused-ring (bicyclic) bond motifs is 1. The van der Waals surface area contributed by atoms with Crippen LogP contribution in [-0.4, -0.2) is 16.3 Å². The third-order valence-corrected chi connectivity index (χ3v) is 4.14. The van der Waals surface area contributed by atoms with E-state index in [4.69, 9.17) is 0 Å². The molecule has 0 saturated carbocycles. The summed E-state index contributed by atoms with van der Waals surface area (Å²) >= 11 is 0. The predicted molar refractivity (Wildman–Crippen MR) is 98.0 cm³/mol. The number of carbonyl (C=O) groups excluding carboxylic acids is 2. The number of rotatable bonds is 4. The molecule has 0 aliphatic heterocycles. The van der Waals surface area contributed by atoms with E-state index in [1.165, 1.54) is 35.8 Å². The molecule has 0 aliphatic carbocycles. The van der Waals surface area contributed by atoms with Crippen LogP contribution in [0.25, 0.3) is 10.9 Å². The van der Waals surface area contributed by atoms with Crippen LogP contribution in [0.15, 0.2) is 53.3 Å². The number of carbonyl (C=O) groups is 2. The summed E-state index contributed by atoms with van der Waals surface area (Å²) in [6.07, 6.45) is 0. The number of anilines is 1. The van der Waals surface area contributed by atoms with Crippen molar-refractivity contribution in [2.75, 3.05) is 5.32 Å². The van der Waals surface area contributed by atoms with Crippen molar-refractivity contribution in [1.29, 1.82) is 0 Å². The summed E-state index contributed by atoms with van der Waals surface area (Å²) in [6, 6.07) is 12.2. The molecule has 1 N–H and O–H groups in total. The molecule has 1 aromatic heterocycles. The maximum atomic E-state index is 14.3. The zero-order chi connectivity index (χ0) is 18.8. The Balaban J connectivity index is 1.94. The molecule has 0 spiro atoms. The van der Waals surface area contributed by atoms with Crippen LogP contribution < -0.4 is 10.7 Å². The molecule has 3 rings (SSSR count). The number of pyridine rings is 1. The topological polar surface area (TPSA) is 68.2 Å². The van der Waals surface area contributed by atoms with Gasteiger partial charge in [-0.15, -0.1) is 0 Å². The lowest BCUT2D eigenvalue weighted by molar-refractivity contribution is -0.116. The van der Waals surface area contributed by atoms with E-state index in [0.717, 1.165) is 0 Å². The minimum absolute atomic E-state index is 0.102. The molecule has 0 saturated heterocycles. The van der Waals surface area contributed by atoms with Gasteiger partial charge in [-0.05, 0) is 38.1 Å². The molecule has 26 heavy (non-hydrogen) atoms. The average molecular weight is 352 g/mol. The normalized spacial score (nSPS) is 10.7. The Bertz CT molecular complexity index is 1090. The van der Waals surface area contributed by atoms with Gasteiger partial charge in [0.1, 0.15) is 12.4 Å². The Morgan fingerprint density at radius 3 is 2.58 bits per heavy atom. The monoisotopic (exact) mass is 352 g/mol. The fraction of sp³-hybridized carbons (Fsp3) is 0.150. The number of para-hydroxylation sites is 1. The zero-order valence-electron chi connectivity index (χ0n) is 14.4. The fourth-order valence-corrected chi connectivity index (χ4v) is 2.87. The van der Waals surface area contributed by atoms with E-state index in [1.807, 2.05) is 0 Å². The van der Waals surface area contributed by atoms with Gasteiger partial charge in [-0.25, -0.2) is 4.39 Å². The summed E-state index contributed by atoms with van der Waals surface area (Å²) in [4.78, 5) is 36.0. The lowest BCUT2D eigenvalue weighted by atomic mass is 10.1.